The second kappa shape index (κ2) is 19.3. The van der Waals surface area contributed by atoms with Crippen LogP contribution in [0.1, 0.15) is 95.9 Å². The number of benzene rings is 11. The van der Waals surface area contributed by atoms with Crippen LogP contribution in [0.15, 0.2) is 239 Å². The number of rotatable bonds is 8. The van der Waals surface area contributed by atoms with Gasteiger partial charge in [-0.25, -0.2) is 0 Å². The van der Waals surface area contributed by atoms with Crippen molar-refractivity contribution < 1.29 is 13.6 Å². The topological polar surface area (TPSA) is 42.0 Å². The van der Waals surface area contributed by atoms with Crippen LogP contribution in [0, 0.1) is 23.7 Å². The van der Waals surface area contributed by atoms with E-state index in [0.29, 0.717) is 11.8 Å². The van der Waals surface area contributed by atoms with Crippen LogP contribution >= 0.6 is 0 Å². The smallest absolute Gasteiger partial charge is 0.139 e. The van der Waals surface area contributed by atoms with E-state index in [-0.39, 0.29) is 16.2 Å². The van der Waals surface area contributed by atoms with E-state index in [1.165, 1.54) is 76.6 Å². The van der Waals surface area contributed by atoms with Crippen LogP contribution in [0.25, 0.3) is 76.9 Å². The lowest BCUT2D eigenvalue weighted by molar-refractivity contribution is -0.0450. The van der Waals surface area contributed by atoms with Gasteiger partial charge in [-0.1, -0.05) is 175 Å². The summed E-state index contributed by atoms with van der Waals surface area (Å²) in [4.78, 5) is 4.94. The van der Waals surface area contributed by atoms with Gasteiger partial charge in [-0.2, -0.15) is 0 Å². The zero-order valence-corrected chi connectivity index (χ0v) is 50.4. The molecule has 2 aromatic heterocycles. The molecular weight excluding hydrogens is 1060 g/mol. The van der Waals surface area contributed by atoms with E-state index >= 15 is 0 Å². The quantitative estimate of drug-likeness (QED) is 0.152. The lowest BCUT2D eigenvalue weighted by Gasteiger charge is -2.63. The zero-order valence-electron chi connectivity index (χ0n) is 50.4. The molecule has 0 radical (unpaired) electrons. The highest BCUT2D eigenvalue weighted by Crippen LogP contribution is 2.70. The summed E-state index contributed by atoms with van der Waals surface area (Å²) in [5.41, 5.74) is 19.9. The molecular formula is C82H70N2O3. The number of hydrogen-bond acceptors (Lipinski definition) is 5. The molecule has 87 heavy (non-hydrogen) atoms. The van der Waals surface area contributed by atoms with Crippen molar-refractivity contribution in [3.8, 4) is 33.8 Å². The molecule has 13 aromatic rings. The summed E-state index contributed by atoms with van der Waals surface area (Å²) in [6.07, 6.45) is 6.22. The maximum Gasteiger partial charge on any atom is 0.139 e. The fraction of sp³-hybridized carbons (Fsp3) is 0.220. The molecule has 4 bridgehead atoms. The number of nitrogens with zero attached hydrogens (tertiary/aromatic N) is 2. The van der Waals surface area contributed by atoms with Crippen LogP contribution in [0.4, 0.5) is 34.1 Å². The molecule has 4 fully saturated rings. The van der Waals surface area contributed by atoms with E-state index in [1.54, 1.807) is 0 Å². The number of furan rings is 2. The van der Waals surface area contributed by atoms with Crippen molar-refractivity contribution in [2.24, 2.45) is 23.7 Å². The molecule has 426 valence electrons. The lowest BCUT2D eigenvalue weighted by Crippen LogP contribution is -2.57. The first kappa shape index (κ1) is 52.0. The third kappa shape index (κ3) is 8.32. The molecule has 5 nitrogen and oxygen atoms in total. The molecule has 0 unspecified atom stereocenters. The minimum atomic E-state index is -0.319. The molecule has 11 aromatic carbocycles. The fourth-order valence-electron chi connectivity index (χ4n) is 16.6. The summed E-state index contributed by atoms with van der Waals surface area (Å²) in [6.45, 7) is 13.7. The number of fused-ring (bicyclic) bond motifs is 10. The molecule has 0 amide bonds. The molecule has 1 aliphatic heterocycles. The van der Waals surface area contributed by atoms with Crippen LogP contribution in [-0.2, 0) is 16.2 Å². The Morgan fingerprint density at radius 2 is 0.747 bits per heavy atom. The molecule has 5 heteroatoms. The Balaban J connectivity index is 0.859. The molecule has 4 aliphatic carbocycles. The number of ether oxygens (including phenoxy) is 1. The van der Waals surface area contributed by atoms with Gasteiger partial charge < -0.3 is 23.4 Å². The molecule has 0 N–H and O–H groups in total. The Morgan fingerprint density at radius 1 is 0.345 bits per heavy atom. The van der Waals surface area contributed by atoms with Crippen LogP contribution in [0.3, 0.4) is 0 Å². The van der Waals surface area contributed by atoms with Gasteiger partial charge in [0.1, 0.15) is 33.8 Å². The summed E-state index contributed by atoms with van der Waals surface area (Å²) in [7, 11) is 0. The summed E-state index contributed by atoms with van der Waals surface area (Å²) >= 11 is 0. The van der Waals surface area contributed by atoms with Gasteiger partial charge in [-0.15, -0.1) is 0 Å². The third-order valence-corrected chi connectivity index (χ3v) is 20.6. The molecule has 3 heterocycles. The Kier molecular flexibility index (Phi) is 11.6. The molecule has 4 saturated carbocycles. The average Bonchev–Trinajstić information content (AvgIpc) is 1.24. The van der Waals surface area contributed by atoms with E-state index in [1.807, 2.05) is 0 Å². The largest absolute Gasteiger partial charge is 0.456 e. The summed E-state index contributed by atoms with van der Waals surface area (Å²) < 4.78 is 21.0. The van der Waals surface area contributed by atoms with Gasteiger partial charge in [0, 0.05) is 89.4 Å². The summed E-state index contributed by atoms with van der Waals surface area (Å²) in [5, 5.41) is 6.75. The first-order chi connectivity index (χ1) is 42.3. The van der Waals surface area contributed by atoms with E-state index < -0.39 is 0 Å². The van der Waals surface area contributed by atoms with E-state index in [0.717, 1.165) is 112 Å². The average molecular weight is 1130 g/mol. The van der Waals surface area contributed by atoms with Crippen molar-refractivity contribution in [1.29, 1.82) is 0 Å². The van der Waals surface area contributed by atoms with E-state index in [2.05, 4.69) is 282 Å². The monoisotopic (exact) mass is 1130 g/mol. The standard InChI is InChI=1S/C82H70N2O3/c1-80(2,3)56-27-19-52(20-28-56)54-23-31-60(32-24-54)83(63-35-38-68-66-14-9-11-17-74(66)85-77(68)47-63)62-37-40-76-71(46-62)82(58-42-50-41-51(44-58)45-59(82)43-50)72-49-73(65-13-7-8-16-70(65)79(72)87-76)84(64-36-39-69-67-15-10-12-18-75(67)86-78(69)48-64)61-33-25-55(26-34-61)53-21-29-57(30-22-53)81(4,5)6/h7-40,46-51,58-59H,41-45H2,1-6H3. The summed E-state index contributed by atoms with van der Waals surface area (Å²) in [6, 6.07) is 85.6. The normalized spacial score (nSPS) is 19.5. The molecule has 18 rings (SSSR count). The second-order valence-corrected chi connectivity index (χ2v) is 27.8. The predicted octanol–water partition coefficient (Wildman–Crippen LogP) is 23.4. The van der Waals surface area contributed by atoms with Crippen molar-refractivity contribution in [1.82, 2.24) is 0 Å². The van der Waals surface area contributed by atoms with Crippen LogP contribution in [0.5, 0.6) is 11.5 Å². The van der Waals surface area contributed by atoms with Crippen LogP contribution < -0.4 is 14.5 Å². The Hall–Kier alpha value is -9.32. The molecule has 0 saturated heterocycles. The van der Waals surface area contributed by atoms with Gasteiger partial charge in [-0.05, 0) is 185 Å². The van der Waals surface area contributed by atoms with Gasteiger partial charge in [0.05, 0.1) is 5.69 Å². The highest BCUT2D eigenvalue weighted by molar-refractivity contribution is 6.09. The van der Waals surface area contributed by atoms with Crippen molar-refractivity contribution in [2.45, 2.75) is 89.9 Å². The van der Waals surface area contributed by atoms with Crippen molar-refractivity contribution >= 4 is 88.8 Å². The first-order valence-electron chi connectivity index (χ1n) is 31.5. The first-order valence-corrected chi connectivity index (χ1v) is 31.5. The number of para-hydroxylation sites is 2. The van der Waals surface area contributed by atoms with Crippen molar-refractivity contribution in [3.63, 3.8) is 0 Å². The van der Waals surface area contributed by atoms with Crippen molar-refractivity contribution in [2.75, 3.05) is 9.80 Å². The third-order valence-electron chi connectivity index (χ3n) is 20.6. The molecule has 5 aliphatic rings. The highest BCUT2D eigenvalue weighted by Gasteiger charge is 2.62. The molecule has 0 atom stereocenters. The van der Waals surface area contributed by atoms with Gasteiger partial charge >= 0.3 is 0 Å². The van der Waals surface area contributed by atoms with E-state index in [4.69, 9.17) is 13.6 Å². The Morgan fingerprint density at radius 3 is 1.25 bits per heavy atom. The minimum Gasteiger partial charge on any atom is -0.456 e. The minimum absolute atomic E-state index is 0.0757. The summed E-state index contributed by atoms with van der Waals surface area (Å²) in [5.74, 6) is 4.32. The molecule has 1 spiro atoms. The van der Waals surface area contributed by atoms with Gasteiger partial charge in [0.15, 0.2) is 0 Å². The van der Waals surface area contributed by atoms with Crippen LogP contribution in [0.2, 0.25) is 0 Å². The van der Waals surface area contributed by atoms with Gasteiger partial charge in [0.2, 0.25) is 0 Å². The Bertz CT molecular complexity index is 4830. The zero-order chi connectivity index (χ0) is 58.5. The maximum absolute atomic E-state index is 7.62. The SMILES string of the molecule is CC(C)(C)c1ccc(-c2ccc(N(c3ccc4c(c3)C3(c5cc(N(c6ccc(-c7ccc(C(C)(C)C)cc7)cc6)c6ccc7c(c6)oc6ccccc67)c6ccccc6c5O4)C4CC5CC(C4)CC3C5)c3ccc4c(c3)oc3ccccc34)cc2)cc1. The number of anilines is 6. The highest BCUT2D eigenvalue weighted by atomic mass is 16.5. The van der Waals surface area contributed by atoms with Crippen molar-refractivity contribution in [3.05, 3.63) is 253 Å². The van der Waals surface area contributed by atoms with Gasteiger partial charge in [-0.3, -0.25) is 0 Å². The predicted molar refractivity (Wildman–Crippen MR) is 360 cm³/mol. The van der Waals surface area contributed by atoms with E-state index in [9.17, 15) is 0 Å². The van der Waals surface area contributed by atoms with Crippen LogP contribution in [-0.4, -0.2) is 0 Å². The lowest BCUT2D eigenvalue weighted by atomic mass is 9.41. The van der Waals surface area contributed by atoms with Gasteiger partial charge in [0.25, 0.3) is 0 Å². The Labute approximate surface area is 509 Å². The number of hydrogen-bond donors (Lipinski definition) is 0. The second-order valence-electron chi connectivity index (χ2n) is 27.8. The maximum atomic E-state index is 7.62. The fourth-order valence-corrected chi connectivity index (χ4v) is 16.6.